The molecule has 1 saturated carbocycles. The van der Waals surface area contributed by atoms with Crippen LogP contribution in [-0.2, 0) is 9.47 Å². The van der Waals surface area contributed by atoms with Gasteiger partial charge in [0.25, 0.3) is 0 Å². The molecule has 1 aromatic carbocycles. The van der Waals surface area contributed by atoms with Crippen molar-refractivity contribution in [3.8, 4) is 5.75 Å². The summed E-state index contributed by atoms with van der Waals surface area (Å²) >= 11 is 0. The quantitative estimate of drug-likeness (QED) is 0.539. The lowest BCUT2D eigenvalue weighted by Crippen LogP contribution is -2.32. The van der Waals surface area contributed by atoms with Crippen LogP contribution in [0.3, 0.4) is 0 Å². The molecule has 1 aromatic rings. The van der Waals surface area contributed by atoms with Crippen molar-refractivity contribution in [2.75, 3.05) is 20.3 Å². The van der Waals surface area contributed by atoms with Gasteiger partial charge < -0.3 is 14.2 Å². The Labute approximate surface area is 167 Å². The summed E-state index contributed by atoms with van der Waals surface area (Å²) in [6.45, 7) is 3.75. The lowest BCUT2D eigenvalue weighted by molar-refractivity contribution is -0.0858. The monoisotopic (exact) mass is 396 g/mol. The fourth-order valence-corrected chi connectivity index (χ4v) is 4.52. The number of unbranched alkanes of at least 4 members (excludes halogenated alkanes) is 1. The van der Waals surface area contributed by atoms with Crippen LogP contribution in [-0.4, -0.2) is 32.5 Å². The molecule has 0 aromatic heterocycles. The topological polar surface area (TPSA) is 27.7 Å². The fourth-order valence-electron chi connectivity index (χ4n) is 4.52. The number of rotatable bonds is 8. The van der Waals surface area contributed by atoms with Crippen molar-refractivity contribution in [1.29, 1.82) is 0 Å². The molecule has 1 aliphatic carbocycles. The third kappa shape index (κ3) is 5.44. The molecule has 0 radical (unpaired) electrons. The van der Waals surface area contributed by atoms with E-state index in [9.17, 15) is 8.78 Å². The van der Waals surface area contributed by atoms with Crippen LogP contribution in [0.4, 0.5) is 8.78 Å². The van der Waals surface area contributed by atoms with Crippen molar-refractivity contribution in [2.24, 2.45) is 5.92 Å². The Morgan fingerprint density at radius 3 is 2.46 bits per heavy atom. The van der Waals surface area contributed by atoms with E-state index in [1.54, 1.807) is 6.07 Å². The molecule has 5 heteroatoms. The lowest BCUT2D eigenvalue weighted by atomic mass is 9.82. The Balaban J connectivity index is 1.40. The molecular weight excluding hydrogens is 362 g/mol. The molecule has 0 spiro atoms. The van der Waals surface area contributed by atoms with Crippen molar-refractivity contribution in [3.05, 3.63) is 29.3 Å². The maximum atomic E-state index is 14.3. The summed E-state index contributed by atoms with van der Waals surface area (Å²) in [4.78, 5) is 0. The largest absolute Gasteiger partial charge is 0.494 e. The van der Waals surface area contributed by atoms with Gasteiger partial charge in [-0.1, -0.05) is 25.8 Å². The number of ether oxygens (including phenoxy) is 3. The summed E-state index contributed by atoms with van der Waals surface area (Å²) in [7, 11) is 1.35. The van der Waals surface area contributed by atoms with Gasteiger partial charge in [0.15, 0.2) is 11.6 Å². The van der Waals surface area contributed by atoms with E-state index in [2.05, 4.69) is 6.92 Å². The second kappa shape index (κ2) is 10.5. The number of halogens is 2. The maximum absolute atomic E-state index is 14.3. The molecule has 3 rings (SSSR count). The summed E-state index contributed by atoms with van der Waals surface area (Å²) in [5, 5.41) is 0. The van der Waals surface area contributed by atoms with Crippen molar-refractivity contribution >= 4 is 0 Å². The van der Waals surface area contributed by atoms with Crippen LogP contribution in [0, 0.1) is 17.6 Å². The summed E-state index contributed by atoms with van der Waals surface area (Å²) in [5.74, 6) is -0.929. The molecular formula is C23H34F2O3. The molecule has 1 aliphatic heterocycles. The SMILES string of the molecule is CCCCC1CCC(COC2CCC(c3ccc(OC)c(F)c3F)CC2)OC1. The minimum Gasteiger partial charge on any atom is -0.494 e. The third-order valence-corrected chi connectivity index (χ3v) is 6.36. The van der Waals surface area contributed by atoms with Gasteiger partial charge >= 0.3 is 0 Å². The van der Waals surface area contributed by atoms with Gasteiger partial charge in [-0.05, 0) is 68.4 Å². The Morgan fingerprint density at radius 1 is 1.04 bits per heavy atom. The van der Waals surface area contributed by atoms with Crippen LogP contribution in [0.25, 0.3) is 0 Å². The molecule has 3 nitrogen and oxygen atoms in total. The van der Waals surface area contributed by atoms with Gasteiger partial charge in [-0.3, -0.25) is 0 Å². The first kappa shape index (κ1) is 21.5. The summed E-state index contributed by atoms with van der Waals surface area (Å²) in [6.07, 6.45) is 9.94. The number of hydrogen-bond acceptors (Lipinski definition) is 3. The fraction of sp³-hybridized carbons (Fsp3) is 0.739. The number of benzene rings is 1. The molecule has 1 heterocycles. The van der Waals surface area contributed by atoms with E-state index in [0.29, 0.717) is 18.1 Å². The Hall–Kier alpha value is -1.20. The molecule has 0 N–H and O–H groups in total. The van der Waals surface area contributed by atoms with Crippen molar-refractivity contribution in [3.63, 3.8) is 0 Å². The van der Waals surface area contributed by atoms with Crippen molar-refractivity contribution in [2.45, 2.75) is 82.8 Å². The van der Waals surface area contributed by atoms with Crippen LogP contribution in [0.2, 0.25) is 0 Å². The van der Waals surface area contributed by atoms with Crippen LogP contribution < -0.4 is 4.74 Å². The average molecular weight is 397 g/mol. The molecule has 2 fully saturated rings. The summed E-state index contributed by atoms with van der Waals surface area (Å²) in [5.41, 5.74) is 0.463. The summed E-state index contributed by atoms with van der Waals surface area (Å²) in [6, 6.07) is 3.18. The molecule has 158 valence electrons. The van der Waals surface area contributed by atoms with E-state index in [1.807, 2.05) is 0 Å². The highest BCUT2D eigenvalue weighted by atomic mass is 19.2. The molecule has 2 aliphatic rings. The molecule has 28 heavy (non-hydrogen) atoms. The first-order valence-corrected chi connectivity index (χ1v) is 10.9. The van der Waals surface area contributed by atoms with E-state index in [4.69, 9.17) is 14.2 Å². The zero-order valence-electron chi connectivity index (χ0n) is 17.2. The molecule has 0 bridgehead atoms. The second-order valence-electron chi connectivity index (χ2n) is 8.33. The molecule has 2 atom stereocenters. The predicted molar refractivity (Wildman–Crippen MR) is 106 cm³/mol. The van der Waals surface area contributed by atoms with Crippen LogP contribution >= 0.6 is 0 Å². The zero-order valence-corrected chi connectivity index (χ0v) is 17.2. The van der Waals surface area contributed by atoms with Crippen LogP contribution in [0.15, 0.2) is 12.1 Å². The van der Waals surface area contributed by atoms with Gasteiger partial charge in [-0.25, -0.2) is 4.39 Å². The normalized spacial score (nSPS) is 28.3. The van der Waals surface area contributed by atoms with Gasteiger partial charge in [-0.15, -0.1) is 0 Å². The number of hydrogen-bond donors (Lipinski definition) is 0. The maximum Gasteiger partial charge on any atom is 0.200 e. The van der Waals surface area contributed by atoms with E-state index in [-0.39, 0.29) is 23.9 Å². The van der Waals surface area contributed by atoms with Crippen LogP contribution in [0.5, 0.6) is 5.75 Å². The van der Waals surface area contributed by atoms with Crippen molar-refractivity contribution < 1.29 is 23.0 Å². The first-order valence-electron chi connectivity index (χ1n) is 10.9. The molecule has 2 unspecified atom stereocenters. The standard InChI is InChI=1S/C23H34F2O3/c1-3-4-5-16-6-9-19(27-14-16)15-28-18-10-7-17(8-11-18)20-12-13-21(26-2)23(25)22(20)24/h12-13,16-19H,3-11,14-15H2,1-2H3. The van der Waals surface area contributed by atoms with E-state index in [0.717, 1.165) is 38.7 Å². The van der Waals surface area contributed by atoms with E-state index >= 15 is 0 Å². The highest BCUT2D eigenvalue weighted by Crippen LogP contribution is 2.37. The highest BCUT2D eigenvalue weighted by Gasteiger charge is 2.28. The smallest absolute Gasteiger partial charge is 0.200 e. The Bertz CT molecular complexity index is 606. The van der Waals surface area contributed by atoms with Gasteiger partial charge in [0.05, 0.1) is 25.9 Å². The van der Waals surface area contributed by atoms with Gasteiger partial charge in [0, 0.05) is 6.61 Å². The highest BCUT2D eigenvalue weighted by molar-refractivity contribution is 5.33. The summed E-state index contributed by atoms with van der Waals surface area (Å²) < 4.78 is 45.3. The van der Waals surface area contributed by atoms with E-state index in [1.165, 1.54) is 38.9 Å². The second-order valence-corrected chi connectivity index (χ2v) is 8.33. The minimum absolute atomic E-state index is 0.0392. The minimum atomic E-state index is -0.884. The van der Waals surface area contributed by atoms with Gasteiger partial charge in [-0.2, -0.15) is 4.39 Å². The Morgan fingerprint density at radius 2 is 1.82 bits per heavy atom. The van der Waals surface area contributed by atoms with Gasteiger partial charge in [0.1, 0.15) is 0 Å². The molecule has 0 amide bonds. The van der Waals surface area contributed by atoms with Crippen LogP contribution in [0.1, 0.15) is 76.2 Å². The van der Waals surface area contributed by atoms with E-state index < -0.39 is 11.6 Å². The Kier molecular flexibility index (Phi) is 8.10. The van der Waals surface area contributed by atoms with Gasteiger partial charge in [0.2, 0.25) is 5.82 Å². The van der Waals surface area contributed by atoms with Crippen molar-refractivity contribution in [1.82, 2.24) is 0 Å². The predicted octanol–water partition coefficient (Wildman–Crippen LogP) is 6.00. The number of methoxy groups -OCH3 is 1. The first-order chi connectivity index (χ1) is 13.6. The lowest BCUT2D eigenvalue weighted by Gasteiger charge is -2.32. The molecule has 1 saturated heterocycles. The average Bonchev–Trinajstić information content (AvgIpc) is 2.74. The zero-order chi connectivity index (χ0) is 19.9. The third-order valence-electron chi connectivity index (χ3n) is 6.36.